The number of hydrogen-bond donors (Lipinski definition) is 0. The number of methoxy groups -OCH3 is 2. The Morgan fingerprint density at radius 1 is 0.903 bits per heavy atom. The zero-order chi connectivity index (χ0) is 21.9. The van der Waals surface area contributed by atoms with E-state index < -0.39 is 5.92 Å². The summed E-state index contributed by atoms with van der Waals surface area (Å²) < 4.78 is 10.9. The van der Waals surface area contributed by atoms with Gasteiger partial charge < -0.3 is 9.47 Å². The van der Waals surface area contributed by atoms with Crippen molar-refractivity contribution in [2.45, 2.75) is 32.6 Å². The first-order chi connectivity index (χ1) is 14.8. The van der Waals surface area contributed by atoms with Gasteiger partial charge in [0.15, 0.2) is 17.3 Å². The average molecular weight is 415 g/mol. The molecule has 2 aromatic carbocycles. The highest BCUT2D eigenvalue weighted by atomic mass is 16.5. The predicted octanol–water partition coefficient (Wildman–Crippen LogP) is 4.85. The van der Waals surface area contributed by atoms with Crippen molar-refractivity contribution in [2.75, 3.05) is 14.2 Å². The lowest BCUT2D eigenvalue weighted by molar-refractivity contribution is -0.124. The van der Waals surface area contributed by atoms with Crippen LogP contribution in [0.1, 0.15) is 54.1 Å². The SMILES string of the molecule is COc1ccc([C@@H]2C3=C(N=C4CC(C)(C)CC(=O)C42)c2ccccc2C3=O)cc1OC. The van der Waals surface area contributed by atoms with Crippen LogP contribution in [0.2, 0.25) is 0 Å². The molecule has 1 aliphatic heterocycles. The van der Waals surface area contributed by atoms with Gasteiger partial charge in [-0.2, -0.15) is 0 Å². The summed E-state index contributed by atoms with van der Waals surface area (Å²) in [5, 5.41) is 0. The van der Waals surface area contributed by atoms with Crippen LogP contribution in [-0.2, 0) is 4.79 Å². The van der Waals surface area contributed by atoms with Crippen molar-refractivity contribution in [3.8, 4) is 11.5 Å². The summed E-state index contributed by atoms with van der Waals surface area (Å²) in [5.74, 6) is 0.491. The van der Waals surface area contributed by atoms with Gasteiger partial charge in [-0.25, -0.2) is 0 Å². The first-order valence-corrected chi connectivity index (χ1v) is 10.5. The molecular formula is C26H25NO4. The fourth-order valence-electron chi connectivity index (χ4n) is 5.33. The second-order valence-corrected chi connectivity index (χ2v) is 9.29. The van der Waals surface area contributed by atoms with E-state index in [-0.39, 0.29) is 22.9 Å². The van der Waals surface area contributed by atoms with Crippen molar-refractivity contribution in [1.82, 2.24) is 0 Å². The number of carbonyl (C=O) groups excluding carboxylic acids is 2. The molecule has 0 bridgehead atoms. The molecular weight excluding hydrogens is 390 g/mol. The van der Waals surface area contributed by atoms with Crippen LogP contribution < -0.4 is 9.47 Å². The van der Waals surface area contributed by atoms with Gasteiger partial charge in [0, 0.05) is 34.8 Å². The van der Waals surface area contributed by atoms with E-state index in [1.54, 1.807) is 14.2 Å². The summed E-state index contributed by atoms with van der Waals surface area (Å²) in [4.78, 5) is 31.9. The molecule has 1 saturated carbocycles. The summed E-state index contributed by atoms with van der Waals surface area (Å²) in [5.41, 5.74) is 4.46. The Hall–Kier alpha value is -3.21. The Labute approximate surface area is 181 Å². The maximum Gasteiger partial charge on any atom is 0.192 e. The third-order valence-electron chi connectivity index (χ3n) is 6.61. The van der Waals surface area contributed by atoms with Gasteiger partial charge in [0.25, 0.3) is 0 Å². The third-order valence-corrected chi connectivity index (χ3v) is 6.61. The van der Waals surface area contributed by atoms with Crippen LogP contribution in [0, 0.1) is 11.3 Å². The quantitative estimate of drug-likeness (QED) is 0.718. The van der Waals surface area contributed by atoms with Crippen LogP contribution in [0.3, 0.4) is 0 Å². The highest BCUT2D eigenvalue weighted by molar-refractivity contribution is 6.25. The molecule has 2 atom stereocenters. The van der Waals surface area contributed by atoms with Crippen LogP contribution in [0.5, 0.6) is 11.5 Å². The lowest BCUT2D eigenvalue weighted by Crippen LogP contribution is -2.43. The summed E-state index contributed by atoms with van der Waals surface area (Å²) in [6.45, 7) is 4.21. The van der Waals surface area contributed by atoms with E-state index >= 15 is 0 Å². The Bertz CT molecular complexity index is 1190. The Kier molecular flexibility index (Phi) is 4.40. The number of allylic oxidation sites excluding steroid dienone is 1. The van der Waals surface area contributed by atoms with Crippen molar-refractivity contribution in [2.24, 2.45) is 16.3 Å². The van der Waals surface area contributed by atoms with E-state index in [1.165, 1.54) is 0 Å². The van der Waals surface area contributed by atoms with Crippen LogP contribution in [0.15, 0.2) is 53.0 Å². The zero-order valence-corrected chi connectivity index (χ0v) is 18.2. The lowest BCUT2D eigenvalue weighted by atomic mass is 9.63. The van der Waals surface area contributed by atoms with Crippen molar-refractivity contribution >= 4 is 23.0 Å². The molecule has 1 heterocycles. The van der Waals surface area contributed by atoms with Crippen LogP contribution >= 0.6 is 0 Å². The number of rotatable bonds is 3. The number of benzene rings is 2. The number of hydrogen-bond acceptors (Lipinski definition) is 5. The molecule has 5 rings (SSSR count). The van der Waals surface area contributed by atoms with Crippen LogP contribution in [0.4, 0.5) is 0 Å². The standard InChI is InChI=1S/C26H25NO4/c1-26(2)12-17-22(18(28)13-26)21(14-9-10-19(30-3)20(11-14)31-4)23-24(27-17)15-7-5-6-8-16(15)25(23)29/h5-11,21-22H,12-13H2,1-4H3/t21-,22?/m0/s1. The monoisotopic (exact) mass is 415 g/mol. The Morgan fingerprint density at radius 3 is 2.32 bits per heavy atom. The molecule has 0 N–H and O–H groups in total. The number of carbonyl (C=O) groups is 2. The van der Waals surface area contributed by atoms with E-state index in [0.29, 0.717) is 29.1 Å². The fourth-order valence-corrected chi connectivity index (χ4v) is 5.33. The van der Waals surface area contributed by atoms with E-state index in [4.69, 9.17) is 14.5 Å². The van der Waals surface area contributed by atoms with Crippen LogP contribution in [-0.4, -0.2) is 31.5 Å². The fraction of sp³-hybridized carbons (Fsp3) is 0.346. The molecule has 0 spiro atoms. The van der Waals surface area contributed by atoms with E-state index in [1.807, 2.05) is 42.5 Å². The zero-order valence-electron chi connectivity index (χ0n) is 18.2. The van der Waals surface area contributed by atoms with Gasteiger partial charge in [-0.3, -0.25) is 14.6 Å². The van der Waals surface area contributed by atoms with Crippen molar-refractivity contribution in [1.29, 1.82) is 0 Å². The normalized spacial score (nSPS) is 23.7. The Morgan fingerprint density at radius 2 is 1.61 bits per heavy atom. The second kappa shape index (κ2) is 6.91. The summed E-state index contributed by atoms with van der Waals surface area (Å²) >= 11 is 0. The Balaban J connectivity index is 1.74. The van der Waals surface area contributed by atoms with Gasteiger partial charge in [0.05, 0.1) is 25.8 Å². The first-order valence-electron chi connectivity index (χ1n) is 10.5. The highest BCUT2D eigenvalue weighted by Crippen LogP contribution is 2.52. The number of ketones is 2. The van der Waals surface area contributed by atoms with Gasteiger partial charge >= 0.3 is 0 Å². The molecule has 5 nitrogen and oxygen atoms in total. The largest absolute Gasteiger partial charge is 0.493 e. The molecule has 0 amide bonds. The van der Waals surface area contributed by atoms with E-state index in [9.17, 15) is 9.59 Å². The first kappa shape index (κ1) is 19.7. The van der Waals surface area contributed by atoms with Gasteiger partial charge in [-0.1, -0.05) is 44.2 Å². The average Bonchev–Trinajstić information content (AvgIpc) is 3.03. The lowest BCUT2D eigenvalue weighted by Gasteiger charge is -2.40. The number of fused-ring (bicyclic) bond motifs is 3. The maximum absolute atomic E-state index is 13.5. The molecule has 1 unspecified atom stereocenters. The van der Waals surface area contributed by atoms with Crippen molar-refractivity contribution in [3.05, 3.63) is 64.7 Å². The molecule has 0 saturated heterocycles. The molecule has 1 fully saturated rings. The smallest absolute Gasteiger partial charge is 0.192 e. The summed E-state index contributed by atoms with van der Waals surface area (Å²) in [6, 6.07) is 13.2. The molecule has 2 aromatic rings. The van der Waals surface area contributed by atoms with Crippen molar-refractivity contribution in [3.63, 3.8) is 0 Å². The topological polar surface area (TPSA) is 65.0 Å². The minimum atomic E-state index is -0.428. The van der Waals surface area contributed by atoms with Gasteiger partial charge in [-0.05, 0) is 29.5 Å². The molecule has 0 aromatic heterocycles. The number of aliphatic imine (C=N–C) groups is 1. The van der Waals surface area contributed by atoms with Gasteiger partial charge in [0.2, 0.25) is 0 Å². The molecule has 31 heavy (non-hydrogen) atoms. The van der Waals surface area contributed by atoms with Crippen LogP contribution in [0.25, 0.3) is 5.70 Å². The summed E-state index contributed by atoms with van der Waals surface area (Å²) in [7, 11) is 3.18. The van der Waals surface area contributed by atoms with Gasteiger partial charge in [0.1, 0.15) is 5.78 Å². The third kappa shape index (κ3) is 2.94. The minimum absolute atomic E-state index is 0.0363. The van der Waals surface area contributed by atoms with Crippen molar-refractivity contribution < 1.29 is 19.1 Å². The number of nitrogens with zero attached hydrogens (tertiary/aromatic N) is 1. The molecule has 3 aliphatic rings. The second-order valence-electron chi connectivity index (χ2n) is 9.29. The van der Waals surface area contributed by atoms with Gasteiger partial charge in [-0.15, -0.1) is 0 Å². The predicted molar refractivity (Wildman–Crippen MR) is 119 cm³/mol. The minimum Gasteiger partial charge on any atom is -0.493 e. The molecule has 2 aliphatic carbocycles. The number of Topliss-reactive ketones (excluding diaryl/α,β-unsaturated/α-hetero) is 2. The summed E-state index contributed by atoms with van der Waals surface area (Å²) in [6.07, 6.45) is 1.21. The molecule has 5 heteroatoms. The number of ether oxygens (including phenoxy) is 2. The molecule has 158 valence electrons. The van der Waals surface area contributed by atoms with E-state index in [2.05, 4.69) is 13.8 Å². The van der Waals surface area contributed by atoms with E-state index in [0.717, 1.165) is 29.0 Å². The highest BCUT2D eigenvalue weighted by Gasteiger charge is 2.50. The maximum atomic E-state index is 13.5. The molecule has 0 radical (unpaired) electrons.